The molecule has 42 heavy (non-hydrogen) atoms. The van der Waals surface area contributed by atoms with Gasteiger partial charge in [-0.25, -0.2) is 18.8 Å². The Balaban J connectivity index is 1.43. The van der Waals surface area contributed by atoms with Gasteiger partial charge in [-0.05, 0) is 70.8 Å². The van der Waals surface area contributed by atoms with Crippen LogP contribution in [0.4, 0.5) is 8.78 Å². The van der Waals surface area contributed by atoms with Crippen molar-refractivity contribution < 1.29 is 8.78 Å². The molecule has 218 valence electrons. The van der Waals surface area contributed by atoms with E-state index in [4.69, 9.17) is 23.2 Å². The molecule has 3 aromatic rings. The van der Waals surface area contributed by atoms with Gasteiger partial charge in [0.25, 0.3) is 0 Å². The third-order valence-corrected chi connectivity index (χ3v) is 8.14. The Bertz CT molecular complexity index is 1630. The second kappa shape index (κ2) is 11.7. The first kappa shape index (κ1) is 30.0. The highest BCUT2D eigenvalue weighted by Crippen LogP contribution is 2.36. The SMILES string of the molecule is CC(C)(C)C1NC(c2cc(F)cc(CC(C)(C)C3NC(c4cccc(Cl)c4)=NC=C3Cl)c2)=NC=C1c1cccc(F)c1. The molecule has 8 heteroatoms. The van der Waals surface area contributed by atoms with Crippen molar-refractivity contribution in [3.8, 4) is 0 Å². The second-order valence-electron chi connectivity index (χ2n) is 12.6. The monoisotopic (exact) mass is 606 g/mol. The van der Waals surface area contributed by atoms with Gasteiger partial charge in [0, 0.05) is 34.1 Å². The minimum Gasteiger partial charge on any atom is -0.362 e. The van der Waals surface area contributed by atoms with E-state index in [0.29, 0.717) is 33.7 Å². The van der Waals surface area contributed by atoms with Crippen molar-refractivity contribution in [2.45, 2.75) is 53.1 Å². The molecule has 0 radical (unpaired) electrons. The van der Waals surface area contributed by atoms with Crippen LogP contribution in [0.25, 0.3) is 5.57 Å². The van der Waals surface area contributed by atoms with Gasteiger partial charge < -0.3 is 10.6 Å². The van der Waals surface area contributed by atoms with Crippen molar-refractivity contribution >= 4 is 40.4 Å². The van der Waals surface area contributed by atoms with Crippen molar-refractivity contribution in [1.82, 2.24) is 10.6 Å². The topological polar surface area (TPSA) is 48.8 Å². The number of hydrogen-bond acceptors (Lipinski definition) is 4. The second-order valence-corrected chi connectivity index (χ2v) is 13.5. The molecule has 0 aromatic heterocycles. The van der Waals surface area contributed by atoms with Gasteiger partial charge in [-0.1, -0.05) is 82.1 Å². The quantitative estimate of drug-likeness (QED) is 0.295. The Morgan fingerprint density at radius 2 is 1.36 bits per heavy atom. The Kier molecular flexibility index (Phi) is 8.32. The fourth-order valence-corrected chi connectivity index (χ4v) is 6.12. The summed E-state index contributed by atoms with van der Waals surface area (Å²) in [5.41, 5.74) is 3.31. The molecule has 2 heterocycles. The van der Waals surface area contributed by atoms with Crippen LogP contribution in [0.15, 0.2) is 94.1 Å². The Morgan fingerprint density at radius 1 is 0.714 bits per heavy atom. The first-order valence-corrected chi connectivity index (χ1v) is 14.6. The molecule has 5 rings (SSSR count). The molecular formula is C34H34Cl2F2N4. The van der Waals surface area contributed by atoms with E-state index in [9.17, 15) is 4.39 Å². The molecule has 0 bridgehead atoms. The van der Waals surface area contributed by atoms with E-state index in [2.05, 4.69) is 55.2 Å². The van der Waals surface area contributed by atoms with Gasteiger partial charge in [0.2, 0.25) is 0 Å². The molecule has 4 nitrogen and oxygen atoms in total. The van der Waals surface area contributed by atoms with Crippen LogP contribution in [-0.2, 0) is 6.42 Å². The summed E-state index contributed by atoms with van der Waals surface area (Å²) in [6, 6.07) is 18.5. The van der Waals surface area contributed by atoms with Gasteiger partial charge in [0.15, 0.2) is 0 Å². The van der Waals surface area contributed by atoms with Gasteiger partial charge in [-0.3, -0.25) is 0 Å². The summed E-state index contributed by atoms with van der Waals surface area (Å²) in [4.78, 5) is 9.15. The lowest BCUT2D eigenvalue weighted by molar-refractivity contribution is 0.297. The highest BCUT2D eigenvalue weighted by molar-refractivity contribution is 6.31. The molecule has 0 aliphatic carbocycles. The van der Waals surface area contributed by atoms with E-state index in [-0.39, 0.29) is 29.1 Å². The number of aliphatic imine (C=N–C) groups is 2. The highest BCUT2D eigenvalue weighted by Gasteiger charge is 2.36. The van der Waals surface area contributed by atoms with E-state index >= 15 is 4.39 Å². The number of halogens is 4. The zero-order valence-corrected chi connectivity index (χ0v) is 25.8. The van der Waals surface area contributed by atoms with Crippen LogP contribution >= 0.6 is 23.2 Å². The summed E-state index contributed by atoms with van der Waals surface area (Å²) < 4.78 is 29.1. The molecule has 0 fully saturated rings. The predicted molar refractivity (Wildman–Crippen MR) is 170 cm³/mol. The van der Waals surface area contributed by atoms with Crippen molar-refractivity contribution in [1.29, 1.82) is 0 Å². The zero-order valence-electron chi connectivity index (χ0n) is 24.3. The maximum absolute atomic E-state index is 15.1. The average molecular weight is 608 g/mol. The predicted octanol–water partition coefficient (Wildman–Crippen LogP) is 8.49. The molecule has 2 N–H and O–H groups in total. The third kappa shape index (κ3) is 6.61. The molecule has 0 spiro atoms. The van der Waals surface area contributed by atoms with Gasteiger partial charge in [0.05, 0.1) is 17.1 Å². The van der Waals surface area contributed by atoms with E-state index in [1.807, 2.05) is 36.4 Å². The maximum atomic E-state index is 15.1. The number of benzene rings is 3. The summed E-state index contributed by atoms with van der Waals surface area (Å²) in [6.07, 6.45) is 3.95. The largest absolute Gasteiger partial charge is 0.362 e. The van der Waals surface area contributed by atoms with Crippen LogP contribution in [0.2, 0.25) is 5.02 Å². The van der Waals surface area contributed by atoms with Crippen LogP contribution in [0, 0.1) is 22.5 Å². The first-order valence-electron chi connectivity index (χ1n) is 13.9. The van der Waals surface area contributed by atoms with Crippen LogP contribution in [0.5, 0.6) is 0 Å². The van der Waals surface area contributed by atoms with Crippen molar-refractivity contribution in [2.75, 3.05) is 0 Å². The summed E-state index contributed by atoms with van der Waals surface area (Å²) in [5.74, 6) is 0.587. The van der Waals surface area contributed by atoms with Crippen molar-refractivity contribution in [3.05, 3.63) is 123 Å². The molecule has 2 unspecified atom stereocenters. The number of hydrogen-bond donors (Lipinski definition) is 2. The lowest BCUT2D eigenvalue weighted by Crippen LogP contribution is -2.48. The van der Waals surface area contributed by atoms with Crippen LogP contribution < -0.4 is 10.6 Å². The normalized spacial score (nSPS) is 19.2. The molecule has 0 saturated heterocycles. The molecule has 0 amide bonds. The molecular weight excluding hydrogens is 573 g/mol. The highest BCUT2D eigenvalue weighted by atomic mass is 35.5. The molecule has 2 aliphatic heterocycles. The number of rotatable bonds is 6. The zero-order chi connectivity index (χ0) is 30.2. The van der Waals surface area contributed by atoms with E-state index in [1.54, 1.807) is 24.5 Å². The smallest absolute Gasteiger partial charge is 0.133 e. The lowest BCUT2D eigenvalue weighted by atomic mass is 9.77. The van der Waals surface area contributed by atoms with E-state index < -0.39 is 5.41 Å². The summed E-state index contributed by atoms with van der Waals surface area (Å²) in [6.45, 7) is 10.5. The van der Waals surface area contributed by atoms with Crippen molar-refractivity contribution in [3.63, 3.8) is 0 Å². The summed E-state index contributed by atoms with van der Waals surface area (Å²) >= 11 is 12.9. The fraction of sp³-hybridized carbons (Fsp3) is 0.294. The summed E-state index contributed by atoms with van der Waals surface area (Å²) in [7, 11) is 0. The van der Waals surface area contributed by atoms with Crippen LogP contribution in [-0.4, -0.2) is 23.8 Å². The van der Waals surface area contributed by atoms with Gasteiger partial charge in [-0.2, -0.15) is 0 Å². The number of amidine groups is 2. The minimum absolute atomic E-state index is 0.172. The first-order chi connectivity index (χ1) is 19.8. The van der Waals surface area contributed by atoms with E-state index in [0.717, 1.165) is 22.3 Å². The Morgan fingerprint density at radius 3 is 2.07 bits per heavy atom. The molecule has 0 saturated carbocycles. The standard InChI is InChI=1S/C34H34Cl2F2N4/c1-33(2,3)29-27(21-8-7-11-25(37)15-21)18-39-32(41-29)23-12-20(13-26(38)16-23)17-34(4,5)30-28(36)19-40-31(42-30)22-9-6-10-24(35)14-22/h6-16,18-19,29-30H,17H2,1-5H3,(H,39,41)(H,40,42). The van der Waals surface area contributed by atoms with Gasteiger partial charge in [-0.15, -0.1) is 0 Å². The number of nitrogens with zero attached hydrogens (tertiary/aromatic N) is 2. The van der Waals surface area contributed by atoms with Crippen molar-refractivity contribution in [2.24, 2.45) is 20.8 Å². The Labute approximate surface area is 256 Å². The van der Waals surface area contributed by atoms with Gasteiger partial charge in [0.1, 0.15) is 23.3 Å². The van der Waals surface area contributed by atoms with Crippen LogP contribution in [0.3, 0.4) is 0 Å². The molecule has 3 aromatic carbocycles. The lowest BCUT2D eigenvalue weighted by Gasteiger charge is -2.38. The summed E-state index contributed by atoms with van der Waals surface area (Å²) in [5, 5.41) is 8.18. The van der Waals surface area contributed by atoms with Crippen LogP contribution in [0.1, 0.15) is 56.9 Å². The average Bonchev–Trinajstić information content (AvgIpc) is 2.92. The van der Waals surface area contributed by atoms with E-state index in [1.165, 1.54) is 18.2 Å². The third-order valence-electron chi connectivity index (χ3n) is 7.59. The van der Waals surface area contributed by atoms with Gasteiger partial charge >= 0.3 is 0 Å². The maximum Gasteiger partial charge on any atom is 0.133 e. The Hall–Kier alpha value is -3.48. The molecule has 2 atom stereocenters. The molecule has 2 aliphatic rings. The minimum atomic E-state index is -0.418. The number of nitrogens with one attached hydrogen (secondary N) is 2. The fourth-order valence-electron chi connectivity index (χ4n) is 5.53.